The maximum absolute atomic E-state index is 12.8. The molecule has 11 heteroatoms. The zero-order chi connectivity index (χ0) is 24.1. The van der Waals surface area contributed by atoms with Gasteiger partial charge in [0, 0.05) is 36.6 Å². The molecule has 0 aliphatic carbocycles. The number of nitrogens with zero attached hydrogens (tertiary/aromatic N) is 3. The minimum absolute atomic E-state index is 0.0984. The van der Waals surface area contributed by atoms with E-state index < -0.39 is 16.5 Å². The summed E-state index contributed by atoms with van der Waals surface area (Å²) in [5.74, 6) is -0.174. The van der Waals surface area contributed by atoms with Gasteiger partial charge in [-0.1, -0.05) is 12.1 Å². The lowest BCUT2D eigenvalue weighted by Gasteiger charge is -2.16. The van der Waals surface area contributed by atoms with Crippen LogP contribution < -0.4 is 19.7 Å². The van der Waals surface area contributed by atoms with Crippen LogP contribution in [0.1, 0.15) is 34.5 Å². The van der Waals surface area contributed by atoms with Crippen molar-refractivity contribution >= 4 is 34.5 Å². The van der Waals surface area contributed by atoms with E-state index >= 15 is 0 Å². The second kappa shape index (κ2) is 10.3. The quantitative estimate of drug-likeness (QED) is 0.364. The van der Waals surface area contributed by atoms with Crippen LogP contribution in [-0.2, 0) is 17.9 Å². The summed E-state index contributed by atoms with van der Waals surface area (Å²) >= 11 is 1.41. The van der Waals surface area contributed by atoms with Gasteiger partial charge in [-0.15, -0.1) is 11.3 Å². The Balaban J connectivity index is 1.47. The number of nitrogens with one attached hydrogen (secondary N) is 1. The Morgan fingerprint density at radius 3 is 2.68 bits per heavy atom. The van der Waals surface area contributed by atoms with E-state index in [4.69, 9.17) is 9.47 Å². The van der Waals surface area contributed by atoms with Crippen LogP contribution in [0.2, 0.25) is 0 Å². The number of methoxy groups -OCH3 is 1. The molecule has 1 aromatic heterocycles. The summed E-state index contributed by atoms with van der Waals surface area (Å²) in [4.78, 5) is 41.6. The molecule has 0 bridgehead atoms. The zero-order valence-corrected chi connectivity index (χ0v) is 19.2. The number of anilines is 1. The second-order valence-corrected chi connectivity index (χ2v) is 8.26. The molecule has 0 saturated carbocycles. The molecule has 4 rings (SSSR count). The molecule has 1 fully saturated rings. The third-order valence-corrected chi connectivity index (χ3v) is 5.99. The summed E-state index contributed by atoms with van der Waals surface area (Å²) in [6, 6.07) is 9.75. The fourth-order valence-corrected chi connectivity index (χ4v) is 4.15. The van der Waals surface area contributed by atoms with E-state index in [0.717, 1.165) is 17.7 Å². The number of hydrogen-bond donors (Lipinski definition) is 1. The van der Waals surface area contributed by atoms with Crippen LogP contribution in [0.25, 0.3) is 0 Å². The van der Waals surface area contributed by atoms with Crippen molar-refractivity contribution in [3.8, 4) is 11.5 Å². The molecule has 10 nitrogen and oxygen atoms in total. The highest BCUT2D eigenvalue weighted by Crippen LogP contribution is 2.35. The summed E-state index contributed by atoms with van der Waals surface area (Å²) < 4.78 is 10.9. The number of nitro groups is 1. The van der Waals surface area contributed by atoms with E-state index in [-0.39, 0.29) is 36.1 Å². The van der Waals surface area contributed by atoms with E-state index in [2.05, 4.69) is 10.3 Å². The van der Waals surface area contributed by atoms with Crippen LogP contribution in [0.15, 0.2) is 47.3 Å². The molecule has 0 unspecified atom stereocenters. The van der Waals surface area contributed by atoms with Gasteiger partial charge in [0.2, 0.25) is 5.91 Å². The number of rotatable bonds is 9. The van der Waals surface area contributed by atoms with Crippen molar-refractivity contribution in [2.24, 2.45) is 0 Å². The molecule has 2 heterocycles. The van der Waals surface area contributed by atoms with Gasteiger partial charge in [0.1, 0.15) is 12.2 Å². The number of thiazole rings is 1. The highest BCUT2D eigenvalue weighted by molar-refractivity contribution is 7.07. The Morgan fingerprint density at radius 2 is 2.06 bits per heavy atom. The van der Waals surface area contributed by atoms with Crippen LogP contribution in [0.3, 0.4) is 0 Å². The number of carbonyl (C=O) groups is 2. The number of amides is 2. The summed E-state index contributed by atoms with van der Waals surface area (Å²) in [5, 5.41) is 16.2. The van der Waals surface area contributed by atoms with Gasteiger partial charge >= 0.3 is 0 Å². The van der Waals surface area contributed by atoms with Crippen LogP contribution in [-0.4, -0.2) is 35.4 Å². The highest BCUT2D eigenvalue weighted by Gasteiger charge is 2.25. The van der Waals surface area contributed by atoms with Crippen LogP contribution >= 0.6 is 11.3 Å². The molecule has 176 valence electrons. The largest absolute Gasteiger partial charge is 0.493 e. The number of hydrogen-bond acceptors (Lipinski definition) is 8. The smallest absolute Gasteiger partial charge is 0.286 e. The van der Waals surface area contributed by atoms with E-state index in [9.17, 15) is 19.7 Å². The molecule has 1 N–H and O–H groups in total. The highest BCUT2D eigenvalue weighted by atomic mass is 32.1. The predicted octanol–water partition coefficient (Wildman–Crippen LogP) is 3.70. The lowest BCUT2D eigenvalue weighted by molar-refractivity contribution is -0.385. The second-order valence-electron chi connectivity index (χ2n) is 7.54. The lowest BCUT2D eigenvalue weighted by atomic mass is 10.1. The number of nitro benzene ring substituents is 1. The number of ether oxygens (including phenoxy) is 2. The monoisotopic (exact) mass is 482 g/mol. The molecule has 0 atom stereocenters. The van der Waals surface area contributed by atoms with Crippen molar-refractivity contribution in [3.05, 3.63) is 74.2 Å². The van der Waals surface area contributed by atoms with Gasteiger partial charge in [0.25, 0.3) is 11.6 Å². The van der Waals surface area contributed by atoms with Crippen molar-refractivity contribution in [2.45, 2.75) is 26.0 Å². The molecule has 0 spiro atoms. The lowest BCUT2D eigenvalue weighted by Crippen LogP contribution is -2.25. The van der Waals surface area contributed by atoms with Crippen molar-refractivity contribution in [2.75, 3.05) is 18.6 Å². The van der Waals surface area contributed by atoms with Crippen molar-refractivity contribution < 1.29 is 24.0 Å². The van der Waals surface area contributed by atoms with E-state index in [1.165, 1.54) is 30.6 Å². The summed E-state index contributed by atoms with van der Waals surface area (Å²) in [7, 11) is 1.39. The first kappa shape index (κ1) is 23.2. The molecule has 34 heavy (non-hydrogen) atoms. The Morgan fingerprint density at radius 1 is 1.26 bits per heavy atom. The molecule has 3 aromatic rings. The SMILES string of the molecule is COc1cc(C(=O)NCc2ccc(N3CCCC3=O)cc2)c([N+](=O)[O-])cc1OCc1cscn1. The van der Waals surface area contributed by atoms with E-state index in [0.29, 0.717) is 18.7 Å². The minimum atomic E-state index is -0.633. The van der Waals surface area contributed by atoms with Gasteiger partial charge in [0.15, 0.2) is 11.5 Å². The Kier molecular flexibility index (Phi) is 7.02. The molecule has 1 aliphatic heterocycles. The van der Waals surface area contributed by atoms with Crippen molar-refractivity contribution in [3.63, 3.8) is 0 Å². The first-order valence-corrected chi connectivity index (χ1v) is 11.4. The van der Waals surface area contributed by atoms with Gasteiger partial charge < -0.3 is 19.7 Å². The van der Waals surface area contributed by atoms with E-state index in [1.54, 1.807) is 15.8 Å². The molecule has 2 amide bonds. The van der Waals surface area contributed by atoms with Gasteiger partial charge in [-0.05, 0) is 24.1 Å². The fraction of sp³-hybridized carbons (Fsp3) is 0.261. The molecular formula is C23H22N4O6S. The van der Waals surface area contributed by atoms with Gasteiger partial charge in [-0.25, -0.2) is 4.98 Å². The fourth-order valence-electron chi connectivity index (χ4n) is 3.61. The van der Waals surface area contributed by atoms with Crippen LogP contribution in [0.5, 0.6) is 11.5 Å². The molecule has 0 radical (unpaired) electrons. The van der Waals surface area contributed by atoms with Crippen LogP contribution in [0.4, 0.5) is 11.4 Å². The Hall–Kier alpha value is -3.99. The number of benzene rings is 2. The third-order valence-electron chi connectivity index (χ3n) is 5.36. The zero-order valence-electron chi connectivity index (χ0n) is 18.4. The summed E-state index contributed by atoms with van der Waals surface area (Å²) in [6.07, 6.45) is 1.39. The average molecular weight is 483 g/mol. The maximum Gasteiger partial charge on any atom is 0.286 e. The predicted molar refractivity (Wildman–Crippen MR) is 125 cm³/mol. The summed E-state index contributed by atoms with van der Waals surface area (Å²) in [6.45, 7) is 0.972. The molecule has 2 aromatic carbocycles. The standard InChI is InChI=1S/C23H22N4O6S/c1-32-20-9-18(19(27(30)31)10-21(20)33-12-16-13-34-14-25-16)23(29)24-11-15-4-6-17(7-5-15)26-8-2-3-22(26)28/h4-7,9-10,13-14H,2-3,8,11-12H2,1H3,(H,24,29). The van der Waals surface area contributed by atoms with Gasteiger partial charge in [-0.3, -0.25) is 19.7 Å². The first-order chi connectivity index (χ1) is 16.5. The third kappa shape index (κ3) is 5.15. The number of carbonyl (C=O) groups excluding carboxylic acids is 2. The van der Waals surface area contributed by atoms with Gasteiger partial charge in [-0.2, -0.15) is 0 Å². The van der Waals surface area contributed by atoms with Crippen molar-refractivity contribution in [1.29, 1.82) is 0 Å². The normalized spacial score (nSPS) is 13.1. The minimum Gasteiger partial charge on any atom is -0.493 e. The Labute approximate surface area is 199 Å². The molecule has 1 saturated heterocycles. The molecule has 1 aliphatic rings. The van der Waals surface area contributed by atoms with Crippen molar-refractivity contribution in [1.82, 2.24) is 10.3 Å². The number of aromatic nitrogens is 1. The van der Waals surface area contributed by atoms with Gasteiger partial charge in [0.05, 0.1) is 29.3 Å². The van der Waals surface area contributed by atoms with E-state index in [1.807, 2.05) is 24.3 Å². The van der Waals surface area contributed by atoms with Crippen LogP contribution in [0, 0.1) is 10.1 Å². The summed E-state index contributed by atoms with van der Waals surface area (Å²) in [5.41, 5.74) is 3.41. The maximum atomic E-state index is 12.8. The average Bonchev–Trinajstić information content (AvgIpc) is 3.52. The topological polar surface area (TPSA) is 124 Å². The molecular weight excluding hydrogens is 460 g/mol. The first-order valence-electron chi connectivity index (χ1n) is 10.5. The Bertz CT molecular complexity index is 1200.